The predicted octanol–water partition coefficient (Wildman–Crippen LogP) is 2.33. The lowest BCUT2D eigenvalue weighted by molar-refractivity contribution is 0.0118. The minimum atomic E-state index is -2.87. The molecule has 0 radical (unpaired) electrons. The minimum absolute atomic E-state index is 0.00566. The molecular weight excluding hydrogens is 458 g/mol. The van der Waals surface area contributed by atoms with E-state index in [-0.39, 0.29) is 30.5 Å². The quantitative estimate of drug-likeness (QED) is 0.481. The number of fused-ring (bicyclic) bond motifs is 2. The van der Waals surface area contributed by atoms with E-state index < -0.39 is 18.4 Å². The highest BCUT2D eigenvalue weighted by Gasteiger charge is 2.41. The molecule has 35 heavy (non-hydrogen) atoms. The van der Waals surface area contributed by atoms with E-state index >= 15 is 0 Å². The van der Waals surface area contributed by atoms with E-state index in [4.69, 9.17) is 0 Å². The van der Waals surface area contributed by atoms with Gasteiger partial charge in [0.15, 0.2) is 17.0 Å². The third kappa shape index (κ3) is 3.55. The highest BCUT2D eigenvalue weighted by molar-refractivity contribution is 5.96. The Morgan fingerprint density at radius 2 is 1.91 bits per heavy atom. The zero-order valence-corrected chi connectivity index (χ0v) is 19.1. The first-order valence-electron chi connectivity index (χ1n) is 11.6. The molecule has 0 bridgehead atoms. The first-order valence-corrected chi connectivity index (χ1v) is 11.6. The fourth-order valence-electron chi connectivity index (χ4n) is 5.23. The van der Waals surface area contributed by atoms with Gasteiger partial charge >= 0.3 is 5.69 Å². The van der Waals surface area contributed by atoms with E-state index in [1.807, 2.05) is 28.8 Å². The summed E-state index contributed by atoms with van der Waals surface area (Å²) in [6.45, 7) is 0.671. The number of H-pyrrole nitrogens is 1. The van der Waals surface area contributed by atoms with Crippen LogP contribution in [0.1, 0.15) is 35.9 Å². The van der Waals surface area contributed by atoms with Gasteiger partial charge in [0.2, 0.25) is 5.82 Å². The molecule has 4 aromatic rings. The minimum Gasteiger partial charge on any atom is -0.355 e. The van der Waals surface area contributed by atoms with E-state index in [1.54, 1.807) is 7.05 Å². The number of aromatic amines is 1. The Hall–Kier alpha value is -3.83. The molecule has 2 aliphatic rings. The molecule has 0 unspecified atom stereocenters. The summed E-state index contributed by atoms with van der Waals surface area (Å²) in [4.78, 5) is 44.9. The van der Waals surface area contributed by atoms with Crippen LogP contribution < -0.4 is 10.6 Å². The van der Waals surface area contributed by atoms with Gasteiger partial charge in [-0.05, 0) is 25.0 Å². The number of likely N-dealkylation sites (tertiary alicyclic amines) is 1. The summed E-state index contributed by atoms with van der Waals surface area (Å²) in [5.41, 5.74) is 2.53. The maximum absolute atomic E-state index is 13.7. The number of aryl methyl sites for hydroxylation is 1. The number of para-hydroxylation sites is 2. The van der Waals surface area contributed by atoms with E-state index in [9.17, 15) is 18.4 Å². The second-order valence-corrected chi connectivity index (χ2v) is 9.23. The van der Waals surface area contributed by atoms with Crippen molar-refractivity contribution in [2.24, 2.45) is 7.05 Å². The average molecular weight is 482 g/mol. The number of nitrogens with one attached hydrogen (secondary N) is 1. The van der Waals surface area contributed by atoms with Crippen LogP contribution in [-0.4, -0.2) is 72.0 Å². The molecule has 2 fully saturated rings. The van der Waals surface area contributed by atoms with Crippen LogP contribution in [0.4, 0.5) is 14.6 Å². The second-order valence-electron chi connectivity index (χ2n) is 9.23. The van der Waals surface area contributed by atoms with Gasteiger partial charge in [0.1, 0.15) is 6.33 Å². The summed E-state index contributed by atoms with van der Waals surface area (Å²) in [7, 11) is 1.66. The molecule has 1 aromatic carbocycles. The zero-order valence-electron chi connectivity index (χ0n) is 19.1. The van der Waals surface area contributed by atoms with E-state index in [1.165, 1.54) is 10.9 Å². The summed E-state index contributed by atoms with van der Waals surface area (Å²) >= 11 is 0. The Kier molecular flexibility index (Phi) is 4.87. The number of anilines is 1. The van der Waals surface area contributed by atoms with Gasteiger partial charge in [-0.1, -0.05) is 12.1 Å². The maximum atomic E-state index is 13.7. The standard InChI is InChI=1S/C23H24F2N8O2/c1-30-18-17(29-20(30)21(34)32-11-8-23(24,25)12-32)19(27-13-26-18)31-9-6-14(7-10-31)33-16-5-3-2-4-15(16)28-22(33)35/h2-5,13-14H,6-12H2,1H3,(H,28,35). The van der Waals surface area contributed by atoms with Crippen molar-refractivity contribution in [2.75, 3.05) is 31.1 Å². The topological polar surface area (TPSA) is 105 Å². The van der Waals surface area contributed by atoms with Crippen molar-refractivity contribution in [1.82, 2.24) is 34.0 Å². The molecule has 2 aliphatic heterocycles. The van der Waals surface area contributed by atoms with Crippen LogP contribution in [0.2, 0.25) is 0 Å². The van der Waals surface area contributed by atoms with E-state index in [2.05, 4.69) is 24.8 Å². The third-order valence-electron chi connectivity index (χ3n) is 7.04. The number of benzene rings is 1. The highest BCUT2D eigenvalue weighted by atomic mass is 19.3. The van der Waals surface area contributed by atoms with Gasteiger partial charge in [-0.3, -0.25) is 9.36 Å². The lowest BCUT2D eigenvalue weighted by Gasteiger charge is -2.33. The van der Waals surface area contributed by atoms with Crippen LogP contribution in [0.25, 0.3) is 22.2 Å². The molecule has 12 heteroatoms. The molecule has 6 rings (SSSR count). The Bertz CT molecular complexity index is 1500. The number of halogens is 2. The molecule has 10 nitrogen and oxygen atoms in total. The van der Waals surface area contributed by atoms with Crippen molar-refractivity contribution in [3.8, 4) is 0 Å². The highest BCUT2D eigenvalue weighted by Crippen LogP contribution is 2.31. The number of carbonyl (C=O) groups excluding carboxylic acids is 1. The number of nitrogens with zero attached hydrogens (tertiary/aromatic N) is 7. The molecular formula is C23H24F2N8O2. The van der Waals surface area contributed by atoms with Gasteiger partial charge in [-0.25, -0.2) is 28.5 Å². The van der Waals surface area contributed by atoms with Crippen LogP contribution in [0.3, 0.4) is 0 Å². The zero-order chi connectivity index (χ0) is 24.3. The summed E-state index contributed by atoms with van der Waals surface area (Å²) in [6.07, 6.45) is 2.54. The van der Waals surface area contributed by atoms with Gasteiger partial charge < -0.3 is 19.4 Å². The van der Waals surface area contributed by atoms with Crippen molar-refractivity contribution >= 4 is 33.9 Å². The summed E-state index contributed by atoms with van der Waals surface area (Å²) in [6, 6.07) is 7.69. The summed E-state index contributed by atoms with van der Waals surface area (Å²) < 4.78 is 30.7. The Morgan fingerprint density at radius 1 is 1.14 bits per heavy atom. The number of hydrogen-bond donors (Lipinski definition) is 1. The van der Waals surface area contributed by atoms with Gasteiger partial charge in [-0.2, -0.15) is 0 Å². The molecule has 0 atom stereocenters. The monoisotopic (exact) mass is 482 g/mol. The maximum Gasteiger partial charge on any atom is 0.326 e. The number of carbonyl (C=O) groups is 1. The molecule has 0 aliphatic carbocycles. The molecule has 5 heterocycles. The van der Waals surface area contributed by atoms with Crippen molar-refractivity contribution in [2.45, 2.75) is 31.2 Å². The summed E-state index contributed by atoms with van der Waals surface area (Å²) in [5, 5.41) is 0. The van der Waals surface area contributed by atoms with Crippen molar-refractivity contribution < 1.29 is 13.6 Å². The Balaban J connectivity index is 1.27. The lowest BCUT2D eigenvalue weighted by Crippen LogP contribution is -2.37. The summed E-state index contributed by atoms with van der Waals surface area (Å²) in [5.74, 6) is -2.74. The fraction of sp³-hybridized carbons (Fsp3) is 0.435. The third-order valence-corrected chi connectivity index (χ3v) is 7.04. The molecule has 182 valence electrons. The molecule has 0 spiro atoms. The molecule has 2 saturated heterocycles. The number of hydrogen-bond acceptors (Lipinski definition) is 6. The van der Waals surface area contributed by atoms with Crippen LogP contribution in [-0.2, 0) is 7.05 Å². The largest absolute Gasteiger partial charge is 0.355 e. The van der Waals surface area contributed by atoms with Gasteiger partial charge in [0.25, 0.3) is 11.8 Å². The molecule has 0 saturated carbocycles. The van der Waals surface area contributed by atoms with Crippen LogP contribution in [0, 0.1) is 0 Å². The van der Waals surface area contributed by atoms with Crippen LogP contribution in [0.5, 0.6) is 0 Å². The number of alkyl halides is 2. The fourth-order valence-corrected chi connectivity index (χ4v) is 5.23. The number of rotatable bonds is 3. The van der Waals surface area contributed by atoms with E-state index in [0.29, 0.717) is 30.1 Å². The SMILES string of the molecule is Cn1c(C(=O)N2CCC(F)(F)C2)nc2c(N3CCC(n4c(=O)[nH]c5ccccc54)CC3)ncnc21. The molecule has 3 aromatic heterocycles. The smallest absolute Gasteiger partial charge is 0.326 e. The van der Waals surface area contributed by atoms with E-state index in [0.717, 1.165) is 28.8 Å². The first-order chi connectivity index (χ1) is 16.8. The van der Waals surface area contributed by atoms with Gasteiger partial charge in [0, 0.05) is 39.1 Å². The average Bonchev–Trinajstić information content (AvgIpc) is 3.50. The number of imidazole rings is 2. The van der Waals surface area contributed by atoms with Crippen LogP contribution >= 0.6 is 0 Å². The molecule has 1 amide bonds. The van der Waals surface area contributed by atoms with Crippen molar-refractivity contribution in [1.29, 1.82) is 0 Å². The van der Waals surface area contributed by atoms with Crippen molar-refractivity contribution in [3.63, 3.8) is 0 Å². The number of aromatic nitrogens is 6. The number of piperidine rings is 1. The Morgan fingerprint density at radius 3 is 2.66 bits per heavy atom. The second kappa shape index (κ2) is 7.85. The Labute approximate surface area is 198 Å². The van der Waals surface area contributed by atoms with Gasteiger partial charge in [-0.15, -0.1) is 0 Å². The first kappa shape index (κ1) is 21.7. The predicted molar refractivity (Wildman–Crippen MR) is 125 cm³/mol. The van der Waals surface area contributed by atoms with Gasteiger partial charge in [0.05, 0.1) is 17.6 Å². The number of amides is 1. The van der Waals surface area contributed by atoms with Crippen molar-refractivity contribution in [3.05, 3.63) is 46.9 Å². The lowest BCUT2D eigenvalue weighted by atomic mass is 10.0. The normalized spacial score (nSPS) is 18.7. The van der Waals surface area contributed by atoms with Crippen LogP contribution in [0.15, 0.2) is 35.4 Å². The molecule has 1 N–H and O–H groups in total.